The van der Waals surface area contributed by atoms with Gasteiger partial charge < -0.3 is 10.5 Å². The number of nitrogens with zero attached hydrogens (tertiary/aromatic N) is 1. The van der Waals surface area contributed by atoms with E-state index in [1.165, 1.54) is 30.5 Å². The number of benzene rings is 1. The summed E-state index contributed by atoms with van der Waals surface area (Å²) in [6.07, 6.45) is 3.46. The van der Waals surface area contributed by atoms with E-state index in [-0.39, 0.29) is 0 Å². The van der Waals surface area contributed by atoms with Gasteiger partial charge in [-0.15, -0.1) is 0 Å². The van der Waals surface area contributed by atoms with Crippen LogP contribution < -0.4 is 10.5 Å². The number of hydrogen-bond acceptors (Lipinski definition) is 3. The molecule has 1 fully saturated rings. The molecule has 3 rings (SSSR count). The highest BCUT2D eigenvalue weighted by Gasteiger charge is 2.18. The summed E-state index contributed by atoms with van der Waals surface area (Å²) in [5.41, 5.74) is 8.76. The Morgan fingerprint density at radius 1 is 1.41 bits per heavy atom. The van der Waals surface area contributed by atoms with E-state index in [0.717, 1.165) is 31.9 Å². The predicted octanol–water partition coefficient (Wildman–Crippen LogP) is 1.54. The lowest BCUT2D eigenvalue weighted by Gasteiger charge is -2.30. The molecule has 1 atom stereocenters. The second-order valence-electron chi connectivity index (χ2n) is 5.18. The van der Waals surface area contributed by atoms with Gasteiger partial charge in [-0.2, -0.15) is 0 Å². The molecule has 0 spiro atoms. The van der Waals surface area contributed by atoms with Crippen molar-refractivity contribution in [2.45, 2.75) is 31.8 Å². The summed E-state index contributed by atoms with van der Waals surface area (Å²) in [7, 11) is 0. The molecule has 0 aromatic heterocycles. The third-order valence-corrected chi connectivity index (χ3v) is 3.70. The lowest BCUT2D eigenvalue weighted by Crippen LogP contribution is -2.42. The lowest BCUT2D eigenvalue weighted by molar-refractivity contribution is 0.201. The first-order valence-corrected chi connectivity index (χ1v) is 6.54. The van der Waals surface area contributed by atoms with Crippen LogP contribution in [0.15, 0.2) is 18.2 Å². The minimum absolute atomic E-state index is 0.363. The van der Waals surface area contributed by atoms with Crippen LogP contribution in [0.25, 0.3) is 0 Å². The van der Waals surface area contributed by atoms with Gasteiger partial charge in [-0.3, -0.25) is 4.90 Å². The van der Waals surface area contributed by atoms with Gasteiger partial charge >= 0.3 is 0 Å². The normalized spacial score (nSPS) is 24.4. The molecule has 1 aromatic rings. The van der Waals surface area contributed by atoms with Crippen molar-refractivity contribution in [3.8, 4) is 5.75 Å². The van der Waals surface area contributed by atoms with Gasteiger partial charge in [0.1, 0.15) is 5.75 Å². The molecule has 0 amide bonds. The molecule has 92 valence electrons. The minimum Gasteiger partial charge on any atom is -0.493 e. The molecule has 2 aliphatic heterocycles. The predicted molar refractivity (Wildman–Crippen MR) is 68.1 cm³/mol. The van der Waals surface area contributed by atoms with Gasteiger partial charge in [0.05, 0.1) is 6.61 Å². The molecule has 1 aromatic carbocycles. The quantitative estimate of drug-likeness (QED) is 0.840. The van der Waals surface area contributed by atoms with Crippen LogP contribution in [0.5, 0.6) is 5.75 Å². The molecule has 2 aliphatic rings. The second kappa shape index (κ2) is 4.67. The topological polar surface area (TPSA) is 38.5 Å². The average Bonchev–Trinajstić information content (AvgIpc) is 2.76. The van der Waals surface area contributed by atoms with E-state index in [9.17, 15) is 0 Å². The van der Waals surface area contributed by atoms with Crippen molar-refractivity contribution >= 4 is 0 Å². The van der Waals surface area contributed by atoms with E-state index in [1.54, 1.807) is 0 Å². The average molecular weight is 232 g/mol. The van der Waals surface area contributed by atoms with Crippen molar-refractivity contribution in [2.75, 3.05) is 19.7 Å². The van der Waals surface area contributed by atoms with Gasteiger partial charge in [0.15, 0.2) is 0 Å². The molecule has 0 radical (unpaired) electrons. The van der Waals surface area contributed by atoms with E-state index in [4.69, 9.17) is 10.5 Å². The third-order valence-electron chi connectivity index (χ3n) is 3.70. The zero-order valence-electron chi connectivity index (χ0n) is 10.2. The van der Waals surface area contributed by atoms with Gasteiger partial charge in [-0.25, -0.2) is 0 Å². The Labute approximate surface area is 103 Å². The maximum atomic E-state index is 6.01. The number of nitrogens with two attached hydrogens (primary N) is 1. The zero-order chi connectivity index (χ0) is 11.7. The van der Waals surface area contributed by atoms with Gasteiger partial charge in [0.25, 0.3) is 0 Å². The summed E-state index contributed by atoms with van der Waals surface area (Å²) in [6, 6.07) is 6.95. The Kier molecular flexibility index (Phi) is 3.04. The highest BCUT2D eigenvalue weighted by atomic mass is 16.5. The van der Waals surface area contributed by atoms with Gasteiger partial charge in [-0.1, -0.05) is 12.1 Å². The minimum atomic E-state index is 0.363. The second-order valence-corrected chi connectivity index (χ2v) is 5.18. The molecule has 1 saturated heterocycles. The van der Waals surface area contributed by atoms with Crippen LogP contribution in [0, 0.1) is 0 Å². The highest BCUT2D eigenvalue weighted by molar-refractivity contribution is 5.39. The number of fused-ring (bicyclic) bond motifs is 1. The largest absolute Gasteiger partial charge is 0.493 e. The smallest absolute Gasteiger partial charge is 0.122 e. The number of ether oxygens (including phenoxy) is 1. The van der Waals surface area contributed by atoms with Crippen LogP contribution in [0.4, 0.5) is 0 Å². The van der Waals surface area contributed by atoms with Crippen LogP contribution in [0.3, 0.4) is 0 Å². The van der Waals surface area contributed by atoms with Crippen LogP contribution in [-0.2, 0) is 13.0 Å². The molecular weight excluding hydrogens is 212 g/mol. The number of hydrogen-bond donors (Lipinski definition) is 1. The number of piperidine rings is 1. The van der Waals surface area contributed by atoms with Crippen LogP contribution >= 0.6 is 0 Å². The molecule has 3 nitrogen and oxygen atoms in total. The van der Waals surface area contributed by atoms with E-state index in [0.29, 0.717) is 6.04 Å². The SMILES string of the molecule is NC1CCCN(Cc2ccc3c(c2)CCO3)C1. The van der Waals surface area contributed by atoms with Gasteiger partial charge in [0.2, 0.25) is 0 Å². The van der Waals surface area contributed by atoms with Gasteiger partial charge in [0, 0.05) is 25.6 Å². The maximum absolute atomic E-state index is 6.01. The fourth-order valence-corrected chi connectivity index (χ4v) is 2.83. The Morgan fingerprint density at radius 3 is 3.24 bits per heavy atom. The van der Waals surface area contributed by atoms with E-state index < -0.39 is 0 Å². The Hall–Kier alpha value is -1.06. The molecule has 0 bridgehead atoms. The van der Waals surface area contributed by atoms with Crippen LogP contribution in [-0.4, -0.2) is 30.6 Å². The van der Waals surface area contributed by atoms with Crippen molar-refractivity contribution in [3.63, 3.8) is 0 Å². The van der Waals surface area contributed by atoms with E-state index in [1.807, 2.05) is 0 Å². The monoisotopic (exact) mass is 232 g/mol. The molecular formula is C14H20N2O. The molecule has 1 unspecified atom stereocenters. The standard InChI is InChI=1S/C14H20N2O/c15-13-2-1-6-16(10-13)9-11-3-4-14-12(8-11)5-7-17-14/h3-4,8,13H,1-2,5-7,9-10,15H2. The fourth-order valence-electron chi connectivity index (χ4n) is 2.83. The van der Waals surface area contributed by atoms with Crippen molar-refractivity contribution in [2.24, 2.45) is 5.73 Å². The maximum Gasteiger partial charge on any atom is 0.122 e. The number of likely N-dealkylation sites (tertiary alicyclic amines) is 1. The van der Waals surface area contributed by atoms with Gasteiger partial charge in [-0.05, 0) is 36.6 Å². The first-order chi connectivity index (χ1) is 8.31. The van der Waals surface area contributed by atoms with E-state index >= 15 is 0 Å². The first kappa shape index (κ1) is 11.1. The molecule has 17 heavy (non-hydrogen) atoms. The highest BCUT2D eigenvalue weighted by Crippen LogP contribution is 2.26. The Morgan fingerprint density at radius 2 is 2.35 bits per heavy atom. The summed E-state index contributed by atoms with van der Waals surface area (Å²) in [4.78, 5) is 2.46. The Balaban J connectivity index is 1.68. The molecule has 0 aliphatic carbocycles. The first-order valence-electron chi connectivity index (χ1n) is 6.54. The van der Waals surface area contributed by atoms with Crippen molar-refractivity contribution in [3.05, 3.63) is 29.3 Å². The summed E-state index contributed by atoms with van der Waals surface area (Å²) in [5.74, 6) is 1.07. The van der Waals surface area contributed by atoms with Crippen molar-refractivity contribution in [1.29, 1.82) is 0 Å². The van der Waals surface area contributed by atoms with E-state index in [2.05, 4.69) is 23.1 Å². The summed E-state index contributed by atoms with van der Waals surface area (Å²) in [5, 5.41) is 0. The zero-order valence-corrected chi connectivity index (χ0v) is 10.2. The summed E-state index contributed by atoms with van der Waals surface area (Å²) in [6.45, 7) is 4.09. The molecule has 0 saturated carbocycles. The van der Waals surface area contributed by atoms with Crippen LogP contribution in [0.1, 0.15) is 24.0 Å². The fraction of sp³-hybridized carbons (Fsp3) is 0.571. The molecule has 3 heteroatoms. The van der Waals surface area contributed by atoms with Crippen molar-refractivity contribution < 1.29 is 4.74 Å². The lowest BCUT2D eigenvalue weighted by atomic mass is 10.0. The van der Waals surface area contributed by atoms with Crippen molar-refractivity contribution in [1.82, 2.24) is 4.90 Å². The Bertz CT molecular complexity index is 405. The van der Waals surface area contributed by atoms with Crippen LogP contribution in [0.2, 0.25) is 0 Å². The third kappa shape index (κ3) is 2.45. The summed E-state index contributed by atoms with van der Waals surface area (Å²) >= 11 is 0. The number of rotatable bonds is 2. The summed E-state index contributed by atoms with van der Waals surface area (Å²) < 4.78 is 5.53. The molecule has 2 N–H and O–H groups in total. The molecule has 2 heterocycles.